The molecular weight excluding hydrogens is 288 g/mol. The molecule has 2 heterocycles. The van der Waals surface area contributed by atoms with E-state index in [0.29, 0.717) is 11.6 Å². The highest BCUT2D eigenvalue weighted by molar-refractivity contribution is 5.44. The third kappa shape index (κ3) is 3.47. The topological polar surface area (TPSA) is 68.0 Å². The number of hydrogen-bond acceptors (Lipinski definition) is 5. The van der Waals surface area contributed by atoms with Crippen molar-refractivity contribution >= 4 is 11.5 Å². The second-order valence-corrected chi connectivity index (χ2v) is 6.10. The predicted molar refractivity (Wildman–Crippen MR) is 90.2 cm³/mol. The minimum atomic E-state index is 0.187. The molecule has 0 fully saturated rings. The molecule has 0 saturated heterocycles. The number of fused-ring (bicyclic) bond motifs is 1. The van der Waals surface area contributed by atoms with Crippen molar-refractivity contribution in [1.29, 1.82) is 0 Å². The standard InChI is InChI=1S/C17H22N6/c1-4-5-13-6-8-14(9-7-13)17(12(2)3)18-15-10-11-16-19-21-22-23(16)20-15/h6-12,17H,4-5H2,1-3H3,(H,18,20)/t17-/m0/s1. The number of aryl methyl sites for hydroxylation is 1. The molecule has 0 radical (unpaired) electrons. The smallest absolute Gasteiger partial charge is 0.200 e. The van der Waals surface area contributed by atoms with E-state index in [1.54, 1.807) is 0 Å². The van der Waals surface area contributed by atoms with Crippen LogP contribution in [-0.4, -0.2) is 25.3 Å². The van der Waals surface area contributed by atoms with Gasteiger partial charge in [0.05, 0.1) is 6.04 Å². The van der Waals surface area contributed by atoms with Crippen LogP contribution in [0.5, 0.6) is 0 Å². The van der Waals surface area contributed by atoms with Gasteiger partial charge in [-0.3, -0.25) is 0 Å². The summed E-state index contributed by atoms with van der Waals surface area (Å²) in [6.07, 6.45) is 2.29. The van der Waals surface area contributed by atoms with Gasteiger partial charge in [-0.15, -0.1) is 14.8 Å². The SMILES string of the molecule is CCCc1ccc([C@@H](Nc2ccc3nnnn3n2)C(C)C)cc1. The van der Waals surface area contributed by atoms with Crippen molar-refractivity contribution < 1.29 is 0 Å². The number of nitrogens with one attached hydrogen (secondary N) is 1. The third-order valence-corrected chi connectivity index (χ3v) is 3.92. The summed E-state index contributed by atoms with van der Waals surface area (Å²) in [5, 5.41) is 19.2. The summed E-state index contributed by atoms with van der Waals surface area (Å²) >= 11 is 0. The Balaban J connectivity index is 1.83. The predicted octanol–water partition coefficient (Wildman–Crippen LogP) is 3.28. The summed E-state index contributed by atoms with van der Waals surface area (Å²) < 4.78 is 1.43. The van der Waals surface area contributed by atoms with Gasteiger partial charge in [-0.05, 0) is 46.0 Å². The monoisotopic (exact) mass is 310 g/mol. The molecule has 6 heteroatoms. The fraction of sp³-hybridized carbons (Fsp3) is 0.412. The van der Waals surface area contributed by atoms with Gasteiger partial charge in [-0.1, -0.05) is 51.5 Å². The van der Waals surface area contributed by atoms with E-state index in [2.05, 4.69) is 71.0 Å². The summed E-state index contributed by atoms with van der Waals surface area (Å²) in [5.41, 5.74) is 3.28. The van der Waals surface area contributed by atoms with E-state index in [0.717, 1.165) is 12.2 Å². The van der Waals surface area contributed by atoms with Crippen LogP contribution in [0.25, 0.3) is 5.65 Å². The van der Waals surface area contributed by atoms with Crippen molar-refractivity contribution in [1.82, 2.24) is 25.3 Å². The molecule has 1 aromatic carbocycles. The van der Waals surface area contributed by atoms with E-state index in [1.165, 1.54) is 22.2 Å². The maximum atomic E-state index is 4.40. The number of benzene rings is 1. The molecule has 0 amide bonds. The minimum absolute atomic E-state index is 0.187. The Morgan fingerprint density at radius 1 is 1.09 bits per heavy atom. The second-order valence-electron chi connectivity index (χ2n) is 6.10. The van der Waals surface area contributed by atoms with Crippen LogP contribution >= 0.6 is 0 Å². The van der Waals surface area contributed by atoms with E-state index >= 15 is 0 Å². The number of aromatic nitrogens is 5. The lowest BCUT2D eigenvalue weighted by Crippen LogP contribution is -2.18. The first-order valence-corrected chi connectivity index (χ1v) is 8.08. The first-order valence-electron chi connectivity index (χ1n) is 8.08. The van der Waals surface area contributed by atoms with Crippen LogP contribution in [-0.2, 0) is 6.42 Å². The Labute approximate surface area is 135 Å². The summed E-state index contributed by atoms with van der Waals surface area (Å²) in [7, 11) is 0. The molecule has 0 saturated carbocycles. The Bertz CT molecular complexity index is 762. The van der Waals surface area contributed by atoms with E-state index in [-0.39, 0.29) is 6.04 Å². The summed E-state index contributed by atoms with van der Waals surface area (Å²) in [6.45, 7) is 6.60. The molecule has 1 atom stereocenters. The van der Waals surface area contributed by atoms with Gasteiger partial charge in [0, 0.05) is 0 Å². The van der Waals surface area contributed by atoms with Crippen LogP contribution < -0.4 is 5.32 Å². The summed E-state index contributed by atoms with van der Waals surface area (Å²) in [5.74, 6) is 1.19. The summed E-state index contributed by atoms with van der Waals surface area (Å²) in [4.78, 5) is 0. The van der Waals surface area contributed by atoms with Gasteiger partial charge in [0.15, 0.2) is 5.65 Å². The average molecular weight is 310 g/mol. The lowest BCUT2D eigenvalue weighted by Gasteiger charge is -2.23. The molecule has 0 aliphatic carbocycles. The highest BCUT2D eigenvalue weighted by Gasteiger charge is 2.16. The van der Waals surface area contributed by atoms with Crippen molar-refractivity contribution in [2.24, 2.45) is 5.92 Å². The number of tetrazole rings is 1. The Morgan fingerprint density at radius 2 is 1.87 bits per heavy atom. The molecule has 2 aromatic heterocycles. The first kappa shape index (κ1) is 15.4. The Hall–Kier alpha value is -2.50. The van der Waals surface area contributed by atoms with Gasteiger partial charge in [-0.25, -0.2) is 0 Å². The molecule has 0 bridgehead atoms. The zero-order chi connectivity index (χ0) is 16.2. The molecule has 120 valence electrons. The normalized spacial score (nSPS) is 12.7. The lowest BCUT2D eigenvalue weighted by atomic mass is 9.94. The molecule has 0 aliphatic rings. The zero-order valence-electron chi connectivity index (χ0n) is 13.8. The van der Waals surface area contributed by atoms with Crippen LogP contribution in [0.1, 0.15) is 44.4 Å². The molecule has 23 heavy (non-hydrogen) atoms. The molecular formula is C17H22N6. The minimum Gasteiger partial charge on any atom is -0.362 e. The number of anilines is 1. The van der Waals surface area contributed by atoms with Gasteiger partial charge in [0.1, 0.15) is 5.82 Å². The van der Waals surface area contributed by atoms with Crippen molar-refractivity contribution in [3.8, 4) is 0 Å². The van der Waals surface area contributed by atoms with Crippen LogP contribution in [0.2, 0.25) is 0 Å². The second kappa shape index (κ2) is 6.73. The van der Waals surface area contributed by atoms with Crippen molar-refractivity contribution in [3.63, 3.8) is 0 Å². The molecule has 1 N–H and O–H groups in total. The van der Waals surface area contributed by atoms with Gasteiger partial charge >= 0.3 is 0 Å². The van der Waals surface area contributed by atoms with E-state index in [1.807, 2.05) is 12.1 Å². The van der Waals surface area contributed by atoms with Crippen LogP contribution in [0, 0.1) is 5.92 Å². The van der Waals surface area contributed by atoms with E-state index in [4.69, 9.17) is 0 Å². The van der Waals surface area contributed by atoms with Crippen molar-refractivity contribution in [2.75, 3.05) is 5.32 Å². The van der Waals surface area contributed by atoms with Gasteiger partial charge in [0.2, 0.25) is 0 Å². The maximum Gasteiger partial charge on any atom is 0.200 e. The quantitative estimate of drug-likeness (QED) is 0.756. The Kier molecular flexibility index (Phi) is 4.50. The number of hydrogen-bond donors (Lipinski definition) is 1. The lowest BCUT2D eigenvalue weighted by molar-refractivity contribution is 0.542. The first-order chi connectivity index (χ1) is 11.2. The fourth-order valence-corrected chi connectivity index (χ4v) is 2.70. The number of nitrogens with zero attached hydrogens (tertiary/aromatic N) is 5. The molecule has 3 rings (SSSR count). The largest absolute Gasteiger partial charge is 0.362 e. The van der Waals surface area contributed by atoms with E-state index < -0.39 is 0 Å². The van der Waals surface area contributed by atoms with Crippen LogP contribution in [0.15, 0.2) is 36.4 Å². The average Bonchev–Trinajstić information content (AvgIpc) is 3.01. The molecule has 0 spiro atoms. The van der Waals surface area contributed by atoms with Crippen LogP contribution in [0.4, 0.5) is 5.82 Å². The van der Waals surface area contributed by atoms with Crippen molar-refractivity contribution in [2.45, 2.75) is 39.7 Å². The maximum absolute atomic E-state index is 4.40. The highest BCUT2D eigenvalue weighted by atomic mass is 15.6. The van der Waals surface area contributed by atoms with Gasteiger partial charge < -0.3 is 5.32 Å². The van der Waals surface area contributed by atoms with Crippen LogP contribution in [0.3, 0.4) is 0 Å². The third-order valence-electron chi connectivity index (χ3n) is 3.92. The van der Waals surface area contributed by atoms with Gasteiger partial charge in [-0.2, -0.15) is 0 Å². The highest BCUT2D eigenvalue weighted by Crippen LogP contribution is 2.26. The Morgan fingerprint density at radius 3 is 2.57 bits per heavy atom. The molecule has 6 nitrogen and oxygen atoms in total. The zero-order valence-corrected chi connectivity index (χ0v) is 13.8. The summed E-state index contributed by atoms with van der Waals surface area (Å²) in [6, 6.07) is 12.8. The molecule has 3 aromatic rings. The van der Waals surface area contributed by atoms with Crippen molar-refractivity contribution in [3.05, 3.63) is 47.5 Å². The number of rotatable bonds is 6. The molecule has 0 unspecified atom stereocenters. The van der Waals surface area contributed by atoms with Gasteiger partial charge in [0.25, 0.3) is 0 Å². The fourth-order valence-electron chi connectivity index (χ4n) is 2.70. The van der Waals surface area contributed by atoms with E-state index in [9.17, 15) is 0 Å². The molecule has 0 aliphatic heterocycles.